The van der Waals surface area contributed by atoms with Gasteiger partial charge >= 0.3 is 5.97 Å². The van der Waals surface area contributed by atoms with Crippen molar-refractivity contribution < 1.29 is 37.0 Å². The second-order valence-electron chi connectivity index (χ2n) is 12.1. The number of hydrogen-bond donors (Lipinski definition) is 2. The first-order valence-electron chi connectivity index (χ1n) is 17.4. The third-order valence-electron chi connectivity index (χ3n) is 8.24. The molecule has 0 fully saturated rings. The second kappa shape index (κ2) is 21.6. The lowest BCUT2D eigenvalue weighted by molar-refractivity contribution is -0.145. The number of carbonyl (C=O) groups is 3. The fourth-order valence-corrected chi connectivity index (χ4v) is 6.23. The molecule has 1 heterocycles. The Kier molecular flexibility index (Phi) is 17.3. The van der Waals surface area contributed by atoms with Crippen molar-refractivity contribution in [2.75, 3.05) is 20.8 Å². The van der Waals surface area contributed by atoms with Crippen LogP contribution >= 0.6 is 0 Å². The molecule has 12 heteroatoms. The molecule has 3 aromatic rings. The molecule has 0 aliphatic heterocycles. The smallest absolute Gasteiger partial charge is 0.306 e. The molecule has 0 radical (unpaired) electrons. The van der Waals surface area contributed by atoms with Gasteiger partial charge in [-0.3, -0.25) is 19.4 Å². The largest absolute Gasteiger partial charge is 0.493 e. The topological polar surface area (TPSA) is 150 Å². The first-order valence-corrected chi connectivity index (χ1v) is 18.9. The molecule has 0 aliphatic carbocycles. The Morgan fingerprint density at radius 2 is 1.40 bits per heavy atom. The van der Waals surface area contributed by atoms with Crippen molar-refractivity contribution in [2.45, 2.75) is 102 Å². The zero-order chi connectivity index (χ0) is 36.2. The summed E-state index contributed by atoms with van der Waals surface area (Å²) in [5, 5.41) is 2.88. The van der Waals surface area contributed by atoms with Gasteiger partial charge in [0.15, 0.2) is 11.5 Å². The Morgan fingerprint density at radius 1 is 0.740 bits per heavy atom. The standard InChI is InChI=1S/C38H51N3O8S/c1-4-5-6-7-8-9-10-11-12-13-37(43)49-28-32-19-18-31(27-40-32)38(44)41-50(45,46)33-20-14-29(15-21-33)24-25-39-36(42)23-17-30-16-22-34(47-2)35(26-30)48-3/h14-16,18-22,26-27H,4-13,17,23-25,28H2,1-3H3,(H,39,42)(H,41,44). The van der Waals surface area contributed by atoms with Crippen LogP contribution < -0.4 is 19.5 Å². The van der Waals surface area contributed by atoms with E-state index in [1.807, 2.05) is 12.1 Å². The average molecular weight is 710 g/mol. The predicted octanol–water partition coefficient (Wildman–Crippen LogP) is 6.47. The molecular weight excluding hydrogens is 658 g/mol. The van der Waals surface area contributed by atoms with Crippen molar-refractivity contribution in [3.05, 3.63) is 83.2 Å². The summed E-state index contributed by atoms with van der Waals surface area (Å²) in [6, 6.07) is 14.6. The van der Waals surface area contributed by atoms with E-state index >= 15 is 0 Å². The van der Waals surface area contributed by atoms with Gasteiger partial charge in [0.2, 0.25) is 5.91 Å². The van der Waals surface area contributed by atoms with Crippen LogP contribution in [-0.4, -0.2) is 51.9 Å². The van der Waals surface area contributed by atoms with Gasteiger partial charge in [0.05, 0.1) is 30.4 Å². The van der Waals surface area contributed by atoms with Crippen LogP contribution in [0.3, 0.4) is 0 Å². The highest BCUT2D eigenvalue weighted by atomic mass is 32.2. The summed E-state index contributed by atoms with van der Waals surface area (Å²) in [7, 11) is -1.01. The molecule has 0 aliphatic rings. The number of pyridine rings is 1. The summed E-state index contributed by atoms with van der Waals surface area (Å²) >= 11 is 0. The lowest BCUT2D eigenvalue weighted by Gasteiger charge is -2.10. The monoisotopic (exact) mass is 709 g/mol. The minimum Gasteiger partial charge on any atom is -0.493 e. The summed E-state index contributed by atoms with van der Waals surface area (Å²) in [6.45, 7) is 2.57. The highest BCUT2D eigenvalue weighted by Crippen LogP contribution is 2.28. The number of rotatable bonds is 23. The minimum absolute atomic E-state index is 0.0220. The van der Waals surface area contributed by atoms with E-state index in [9.17, 15) is 22.8 Å². The lowest BCUT2D eigenvalue weighted by Crippen LogP contribution is -2.30. The third-order valence-corrected chi connectivity index (χ3v) is 9.58. The number of methoxy groups -OCH3 is 2. The van der Waals surface area contributed by atoms with E-state index in [1.165, 1.54) is 69.0 Å². The number of unbranched alkanes of at least 4 members (excludes halogenated alkanes) is 8. The third kappa shape index (κ3) is 14.2. The summed E-state index contributed by atoms with van der Waals surface area (Å²) in [5.74, 6) is 0.0128. The van der Waals surface area contributed by atoms with Crippen LogP contribution in [0.5, 0.6) is 11.5 Å². The molecule has 2 aromatic carbocycles. The molecule has 2 amide bonds. The molecule has 3 rings (SSSR count). The maximum absolute atomic E-state index is 12.9. The fraction of sp³-hybridized carbons (Fsp3) is 0.474. The van der Waals surface area contributed by atoms with Gasteiger partial charge in [0.25, 0.3) is 15.9 Å². The molecule has 0 atom stereocenters. The van der Waals surface area contributed by atoms with Crippen molar-refractivity contribution in [3.63, 3.8) is 0 Å². The van der Waals surface area contributed by atoms with Crippen LogP contribution in [0, 0.1) is 0 Å². The number of benzene rings is 2. The van der Waals surface area contributed by atoms with Gasteiger partial charge in [-0.1, -0.05) is 76.5 Å². The highest BCUT2D eigenvalue weighted by Gasteiger charge is 2.19. The first-order chi connectivity index (χ1) is 24.1. The van der Waals surface area contributed by atoms with Crippen molar-refractivity contribution >= 4 is 27.8 Å². The number of nitrogens with one attached hydrogen (secondary N) is 2. The predicted molar refractivity (Wildman–Crippen MR) is 192 cm³/mol. The Labute approximate surface area is 296 Å². The lowest BCUT2D eigenvalue weighted by atomic mass is 10.1. The Morgan fingerprint density at radius 3 is 2.04 bits per heavy atom. The van der Waals surface area contributed by atoms with Crippen LogP contribution in [0.1, 0.15) is 105 Å². The number of aromatic nitrogens is 1. The molecule has 0 bridgehead atoms. The van der Waals surface area contributed by atoms with Crippen molar-refractivity contribution in [2.24, 2.45) is 0 Å². The number of ether oxygens (including phenoxy) is 3. The van der Waals surface area contributed by atoms with Gasteiger partial charge in [-0.15, -0.1) is 0 Å². The summed E-state index contributed by atoms with van der Waals surface area (Å²) < 4.78 is 43.6. The summed E-state index contributed by atoms with van der Waals surface area (Å²) in [6.07, 6.45) is 13.4. The van der Waals surface area contributed by atoms with Crippen LogP contribution in [0.25, 0.3) is 0 Å². The summed E-state index contributed by atoms with van der Waals surface area (Å²) in [4.78, 5) is 41.2. The van der Waals surface area contributed by atoms with Crippen molar-refractivity contribution in [1.29, 1.82) is 0 Å². The maximum atomic E-state index is 12.9. The van der Waals surface area contributed by atoms with Gasteiger partial charge < -0.3 is 19.5 Å². The van der Waals surface area contributed by atoms with Gasteiger partial charge in [0.1, 0.15) is 6.61 Å². The average Bonchev–Trinajstić information content (AvgIpc) is 3.12. The maximum Gasteiger partial charge on any atom is 0.306 e. The van der Waals surface area contributed by atoms with E-state index in [1.54, 1.807) is 32.4 Å². The van der Waals surface area contributed by atoms with Gasteiger partial charge in [0, 0.05) is 25.6 Å². The highest BCUT2D eigenvalue weighted by molar-refractivity contribution is 7.90. The molecule has 50 heavy (non-hydrogen) atoms. The quantitative estimate of drug-likeness (QED) is 0.0834. The van der Waals surface area contributed by atoms with Crippen molar-refractivity contribution in [3.8, 4) is 11.5 Å². The zero-order valence-corrected chi connectivity index (χ0v) is 30.3. The van der Waals surface area contributed by atoms with Crippen molar-refractivity contribution in [1.82, 2.24) is 15.0 Å². The summed E-state index contributed by atoms with van der Waals surface area (Å²) in [5.41, 5.74) is 2.28. The first kappa shape index (κ1) is 40.0. The normalized spacial score (nSPS) is 11.1. The van der Waals surface area contributed by atoms with E-state index in [4.69, 9.17) is 14.2 Å². The number of amides is 2. The second-order valence-corrected chi connectivity index (χ2v) is 13.8. The van der Waals surface area contributed by atoms with E-state index < -0.39 is 15.9 Å². The molecule has 0 saturated heterocycles. The molecule has 2 N–H and O–H groups in total. The van der Waals surface area contributed by atoms with Crippen LogP contribution in [0.2, 0.25) is 0 Å². The van der Waals surface area contributed by atoms with E-state index in [0.717, 1.165) is 30.4 Å². The molecule has 0 unspecified atom stereocenters. The number of nitrogens with zero attached hydrogens (tertiary/aromatic N) is 1. The fourth-order valence-electron chi connectivity index (χ4n) is 5.25. The minimum atomic E-state index is -4.14. The van der Waals surface area contributed by atoms with Crippen LogP contribution in [0.4, 0.5) is 0 Å². The van der Waals surface area contributed by atoms with Crippen LogP contribution in [-0.2, 0) is 43.8 Å². The van der Waals surface area contributed by atoms with E-state index in [2.05, 4.69) is 21.9 Å². The van der Waals surface area contributed by atoms with Gasteiger partial charge in [-0.2, -0.15) is 0 Å². The number of aryl methyl sites for hydroxylation is 1. The molecule has 272 valence electrons. The number of hydrogen-bond acceptors (Lipinski definition) is 9. The molecule has 1 aromatic heterocycles. The molecule has 11 nitrogen and oxygen atoms in total. The molecule has 0 saturated carbocycles. The Hall–Kier alpha value is -4.45. The molecule has 0 spiro atoms. The van der Waals surface area contributed by atoms with Gasteiger partial charge in [-0.05, 0) is 66.8 Å². The SMILES string of the molecule is CCCCCCCCCCCC(=O)OCc1ccc(C(=O)NS(=O)(=O)c2ccc(CCNC(=O)CCc3ccc(OC)c(OC)c3)cc2)cn1. The zero-order valence-electron chi connectivity index (χ0n) is 29.5. The van der Waals surface area contributed by atoms with E-state index in [0.29, 0.717) is 49.4 Å². The molecular formula is C38H51N3O8S. The van der Waals surface area contributed by atoms with E-state index in [-0.39, 0.29) is 28.9 Å². The number of sulfonamides is 1. The Bertz CT molecular complexity index is 1610. The number of carbonyl (C=O) groups excluding carboxylic acids is 3. The Balaban J connectivity index is 1.35. The van der Waals surface area contributed by atoms with Gasteiger partial charge in [-0.25, -0.2) is 13.1 Å². The number of esters is 1. The van der Waals surface area contributed by atoms with Crippen LogP contribution in [0.15, 0.2) is 65.7 Å².